The minimum Gasteiger partial charge on any atom is -0.354 e. The highest BCUT2D eigenvalue weighted by Crippen LogP contribution is 2.09. The van der Waals surface area contributed by atoms with Crippen LogP contribution in [0.25, 0.3) is 0 Å². The van der Waals surface area contributed by atoms with Crippen LogP contribution in [0, 0.1) is 5.92 Å². The van der Waals surface area contributed by atoms with E-state index in [1.807, 2.05) is 19.6 Å². The van der Waals surface area contributed by atoms with Crippen LogP contribution in [0.4, 0.5) is 0 Å². The van der Waals surface area contributed by atoms with Gasteiger partial charge in [-0.2, -0.15) is 0 Å². The van der Waals surface area contributed by atoms with Crippen molar-refractivity contribution in [3.63, 3.8) is 0 Å². The lowest BCUT2D eigenvalue weighted by Crippen LogP contribution is -2.41. The number of hydrogen-bond donors (Lipinski definition) is 2. The second kappa shape index (κ2) is 12.8. The van der Waals surface area contributed by atoms with Crippen molar-refractivity contribution in [3.05, 3.63) is 54.1 Å². The van der Waals surface area contributed by atoms with Gasteiger partial charge in [0.15, 0.2) is 5.96 Å². The maximum atomic E-state index is 4.34. The largest absolute Gasteiger partial charge is 0.354 e. The normalized spacial score (nSPS) is 12.6. The molecule has 0 bridgehead atoms. The summed E-state index contributed by atoms with van der Waals surface area (Å²) in [6.45, 7) is 8.39. The molecule has 0 saturated heterocycles. The van der Waals surface area contributed by atoms with Gasteiger partial charge >= 0.3 is 0 Å². The zero-order chi connectivity index (χ0) is 18.8. The smallest absolute Gasteiger partial charge is 0.191 e. The SMILES string of the molecule is CN=C(NCc1ccc(Cn2ccnc2)cc1)NC(C)CCCC(C)C.I. The van der Waals surface area contributed by atoms with Gasteiger partial charge in [0.1, 0.15) is 0 Å². The van der Waals surface area contributed by atoms with E-state index < -0.39 is 0 Å². The fraction of sp³-hybridized carbons (Fsp3) is 0.524. The summed E-state index contributed by atoms with van der Waals surface area (Å²) in [6.07, 6.45) is 9.33. The van der Waals surface area contributed by atoms with Crippen molar-refractivity contribution < 1.29 is 0 Å². The molecule has 0 aliphatic heterocycles. The molecule has 2 N–H and O–H groups in total. The van der Waals surface area contributed by atoms with Gasteiger partial charge in [-0.3, -0.25) is 4.99 Å². The molecular formula is C21H34IN5. The Bertz CT molecular complexity index is 650. The van der Waals surface area contributed by atoms with Gasteiger partial charge in [-0.25, -0.2) is 4.98 Å². The maximum absolute atomic E-state index is 4.34. The average molecular weight is 483 g/mol. The van der Waals surface area contributed by atoms with E-state index in [0.717, 1.165) is 25.0 Å². The van der Waals surface area contributed by atoms with Crippen LogP contribution in [-0.4, -0.2) is 28.6 Å². The Morgan fingerprint density at radius 3 is 2.41 bits per heavy atom. The third kappa shape index (κ3) is 9.26. The van der Waals surface area contributed by atoms with E-state index in [1.165, 1.54) is 30.4 Å². The van der Waals surface area contributed by atoms with Crippen molar-refractivity contribution >= 4 is 29.9 Å². The van der Waals surface area contributed by atoms with E-state index in [2.05, 4.69) is 70.2 Å². The number of guanidine groups is 1. The standard InChI is InChI=1S/C21H33N5.HI/c1-17(2)6-5-7-18(3)25-21(22-4)24-14-19-8-10-20(11-9-19)15-26-13-12-23-16-26;/h8-13,16-18H,5-7,14-15H2,1-4H3,(H2,22,24,25);1H. The molecule has 1 aromatic carbocycles. The van der Waals surface area contributed by atoms with Gasteiger partial charge in [0.2, 0.25) is 0 Å². The maximum Gasteiger partial charge on any atom is 0.191 e. The number of benzene rings is 1. The highest BCUT2D eigenvalue weighted by Gasteiger charge is 2.06. The van der Waals surface area contributed by atoms with Crippen LogP contribution < -0.4 is 10.6 Å². The Hall–Kier alpha value is -1.57. The lowest BCUT2D eigenvalue weighted by atomic mass is 10.0. The fourth-order valence-corrected chi connectivity index (χ4v) is 2.87. The minimum absolute atomic E-state index is 0. The molecule has 1 atom stereocenters. The summed E-state index contributed by atoms with van der Waals surface area (Å²) in [7, 11) is 1.82. The summed E-state index contributed by atoms with van der Waals surface area (Å²) in [5, 5.41) is 6.88. The van der Waals surface area contributed by atoms with Crippen molar-refractivity contribution in [2.24, 2.45) is 10.9 Å². The highest BCUT2D eigenvalue weighted by atomic mass is 127. The summed E-state index contributed by atoms with van der Waals surface area (Å²) >= 11 is 0. The van der Waals surface area contributed by atoms with Gasteiger partial charge in [-0.15, -0.1) is 24.0 Å². The molecule has 0 aliphatic rings. The highest BCUT2D eigenvalue weighted by molar-refractivity contribution is 14.0. The molecule has 0 amide bonds. The molecule has 0 aliphatic carbocycles. The molecule has 5 nitrogen and oxygen atoms in total. The predicted molar refractivity (Wildman–Crippen MR) is 125 cm³/mol. The molecule has 1 heterocycles. The molecule has 6 heteroatoms. The Morgan fingerprint density at radius 1 is 1.11 bits per heavy atom. The van der Waals surface area contributed by atoms with Crippen LogP contribution >= 0.6 is 24.0 Å². The van der Waals surface area contributed by atoms with Crippen LogP contribution in [0.5, 0.6) is 0 Å². The molecule has 2 rings (SSSR count). The predicted octanol–water partition coefficient (Wildman–Crippen LogP) is 4.43. The molecule has 150 valence electrons. The van der Waals surface area contributed by atoms with E-state index >= 15 is 0 Å². The van der Waals surface area contributed by atoms with Crippen molar-refractivity contribution in [1.29, 1.82) is 0 Å². The lowest BCUT2D eigenvalue weighted by Gasteiger charge is -2.18. The Morgan fingerprint density at radius 2 is 1.81 bits per heavy atom. The summed E-state index contributed by atoms with van der Waals surface area (Å²) in [4.78, 5) is 8.42. The number of nitrogens with one attached hydrogen (secondary N) is 2. The lowest BCUT2D eigenvalue weighted by molar-refractivity contribution is 0.491. The van der Waals surface area contributed by atoms with Crippen molar-refractivity contribution in [3.8, 4) is 0 Å². The molecule has 2 aromatic rings. The number of imidazole rings is 1. The first kappa shape index (κ1) is 23.5. The van der Waals surface area contributed by atoms with Crippen LogP contribution in [0.2, 0.25) is 0 Å². The van der Waals surface area contributed by atoms with Crippen LogP contribution in [0.1, 0.15) is 51.2 Å². The summed E-state index contributed by atoms with van der Waals surface area (Å²) in [5.41, 5.74) is 2.52. The van der Waals surface area contributed by atoms with E-state index in [1.54, 1.807) is 6.20 Å². The molecule has 0 radical (unpaired) electrons. The number of aliphatic imine (C=N–C) groups is 1. The number of nitrogens with zero attached hydrogens (tertiary/aromatic N) is 3. The monoisotopic (exact) mass is 483 g/mol. The number of rotatable bonds is 9. The molecule has 27 heavy (non-hydrogen) atoms. The van der Waals surface area contributed by atoms with Crippen molar-refractivity contribution in [2.45, 2.75) is 59.2 Å². The number of hydrogen-bond acceptors (Lipinski definition) is 2. The Labute approximate surface area is 181 Å². The Kier molecular flexibility index (Phi) is 11.1. The van der Waals surface area contributed by atoms with Gasteiger partial charge in [-0.1, -0.05) is 51.0 Å². The van der Waals surface area contributed by atoms with Crippen molar-refractivity contribution in [2.75, 3.05) is 7.05 Å². The zero-order valence-corrected chi connectivity index (χ0v) is 19.3. The third-order valence-corrected chi connectivity index (χ3v) is 4.43. The summed E-state index contributed by atoms with van der Waals surface area (Å²) < 4.78 is 2.07. The molecule has 0 fully saturated rings. The quantitative estimate of drug-likeness (QED) is 0.315. The van der Waals surface area contributed by atoms with Crippen molar-refractivity contribution in [1.82, 2.24) is 20.2 Å². The third-order valence-electron chi connectivity index (χ3n) is 4.43. The second-order valence-electron chi connectivity index (χ2n) is 7.35. The van der Waals surface area contributed by atoms with Crippen LogP contribution in [0.15, 0.2) is 48.0 Å². The van der Waals surface area contributed by atoms with E-state index in [4.69, 9.17) is 0 Å². The van der Waals surface area contributed by atoms with Gasteiger partial charge in [0.25, 0.3) is 0 Å². The van der Waals surface area contributed by atoms with Crippen LogP contribution in [-0.2, 0) is 13.1 Å². The average Bonchev–Trinajstić information content (AvgIpc) is 3.12. The molecule has 0 spiro atoms. The Balaban J connectivity index is 0.00000364. The van der Waals surface area contributed by atoms with E-state index in [9.17, 15) is 0 Å². The number of aromatic nitrogens is 2. The van der Waals surface area contributed by atoms with E-state index in [-0.39, 0.29) is 24.0 Å². The number of halogens is 1. The van der Waals surface area contributed by atoms with Gasteiger partial charge in [-0.05, 0) is 30.4 Å². The second-order valence-corrected chi connectivity index (χ2v) is 7.35. The molecule has 1 unspecified atom stereocenters. The minimum atomic E-state index is 0. The molecule has 0 saturated carbocycles. The van der Waals surface area contributed by atoms with Gasteiger partial charge < -0.3 is 15.2 Å². The zero-order valence-electron chi connectivity index (χ0n) is 17.0. The first-order valence-corrected chi connectivity index (χ1v) is 9.57. The topological polar surface area (TPSA) is 54.2 Å². The summed E-state index contributed by atoms with van der Waals surface area (Å²) in [5.74, 6) is 1.64. The fourth-order valence-electron chi connectivity index (χ4n) is 2.87. The van der Waals surface area contributed by atoms with Gasteiger partial charge in [0.05, 0.1) is 6.33 Å². The molecule has 1 aromatic heterocycles. The molecular weight excluding hydrogens is 449 g/mol. The van der Waals surface area contributed by atoms with E-state index in [0.29, 0.717) is 6.04 Å². The summed E-state index contributed by atoms with van der Waals surface area (Å²) in [6, 6.07) is 9.10. The first-order chi connectivity index (χ1) is 12.6. The first-order valence-electron chi connectivity index (χ1n) is 9.57. The van der Waals surface area contributed by atoms with Gasteiger partial charge in [0, 0.05) is 38.6 Å². The van der Waals surface area contributed by atoms with Crippen LogP contribution in [0.3, 0.4) is 0 Å².